The number of halogens is 1. The molecule has 2 aromatic heterocycles. The van der Waals surface area contributed by atoms with E-state index in [2.05, 4.69) is 9.97 Å². The Kier molecular flexibility index (Phi) is 4.46. The highest BCUT2D eigenvalue weighted by Crippen LogP contribution is 2.48. The number of rotatable bonds is 5. The molecular weight excluding hydrogens is 370 g/mol. The average molecular weight is 386 g/mol. The first kappa shape index (κ1) is 17.1. The van der Waals surface area contributed by atoms with E-state index in [9.17, 15) is 4.79 Å². The van der Waals surface area contributed by atoms with Gasteiger partial charge in [0.05, 0.1) is 17.3 Å². The molecule has 1 aliphatic rings. The largest absolute Gasteiger partial charge is 0.481 e. The third-order valence-electron chi connectivity index (χ3n) is 4.50. The number of aryl methyl sites for hydroxylation is 1. The van der Waals surface area contributed by atoms with Gasteiger partial charge in [-0.05, 0) is 41.8 Å². The SMILES string of the molecule is Cn1cnc(-c2ccc(C3CC3C(=O)O)cc2)c1Sc1ccc(Cl)cn1. The molecule has 2 atom stereocenters. The Morgan fingerprint density at radius 1 is 1.23 bits per heavy atom. The maximum Gasteiger partial charge on any atom is 0.307 e. The van der Waals surface area contributed by atoms with Crippen LogP contribution in [0.4, 0.5) is 0 Å². The summed E-state index contributed by atoms with van der Waals surface area (Å²) >= 11 is 7.43. The predicted molar refractivity (Wildman–Crippen MR) is 100 cm³/mol. The molecule has 1 N–H and O–H groups in total. The van der Waals surface area contributed by atoms with E-state index in [1.807, 2.05) is 48.0 Å². The van der Waals surface area contributed by atoms with Crippen LogP contribution in [0.25, 0.3) is 11.3 Å². The second-order valence-electron chi connectivity index (χ2n) is 6.33. The molecular formula is C19H16ClN3O2S. The zero-order valence-electron chi connectivity index (χ0n) is 14.0. The van der Waals surface area contributed by atoms with Crippen LogP contribution >= 0.6 is 23.4 Å². The minimum atomic E-state index is -0.710. The molecule has 0 radical (unpaired) electrons. The van der Waals surface area contributed by atoms with Gasteiger partial charge in [-0.15, -0.1) is 0 Å². The van der Waals surface area contributed by atoms with Gasteiger partial charge in [-0.2, -0.15) is 0 Å². The van der Waals surface area contributed by atoms with Crippen LogP contribution in [0.5, 0.6) is 0 Å². The van der Waals surface area contributed by atoms with Crippen molar-refractivity contribution in [2.75, 3.05) is 0 Å². The minimum absolute atomic E-state index is 0.136. The number of hydrogen-bond donors (Lipinski definition) is 1. The summed E-state index contributed by atoms with van der Waals surface area (Å²) in [5.41, 5.74) is 2.95. The number of carboxylic acids is 1. The number of nitrogens with zero attached hydrogens (tertiary/aromatic N) is 3. The molecule has 0 saturated heterocycles. The Morgan fingerprint density at radius 2 is 2.00 bits per heavy atom. The first-order valence-corrected chi connectivity index (χ1v) is 9.36. The standard InChI is InChI=1S/C19H16ClN3O2S/c1-23-10-22-17(18(23)26-16-7-6-13(20)9-21-16)12-4-2-11(3-5-12)14-8-15(14)19(24)25/h2-7,9-10,14-15H,8H2,1H3,(H,24,25). The number of carboxylic acid groups (broad SMARTS) is 1. The molecule has 1 aliphatic carbocycles. The lowest BCUT2D eigenvalue weighted by atomic mass is 10.1. The van der Waals surface area contributed by atoms with Crippen LogP contribution in [0.1, 0.15) is 17.9 Å². The van der Waals surface area contributed by atoms with Gasteiger partial charge in [0.2, 0.25) is 0 Å². The summed E-state index contributed by atoms with van der Waals surface area (Å²) in [7, 11) is 1.95. The summed E-state index contributed by atoms with van der Waals surface area (Å²) in [5.74, 6) is -0.812. The van der Waals surface area contributed by atoms with Gasteiger partial charge in [-0.25, -0.2) is 9.97 Å². The van der Waals surface area contributed by atoms with Crippen molar-refractivity contribution in [2.45, 2.75) is 22.4 Å². The van der Waals surface area contributed by atoms with Gasteiger partial charge in [0.15, 0.2) is 0 Å². The molecule has 0 spiro atoms. The first-order chi connectivity index (χ1) is 12.5. The lowest BCUT2D eigenvalue weighted by Crippen LogP contribution is -1.98. The van der Waals surface area contributed by atoms with Crippen molar-refractivity contribution in [3.05, 3.63) is 59.5 Å². The molecule has 26 heavy (non-hydrogen) atoms. The molecule has 1 aromatic carbocycles. The summed E-state index contributed by atoms with van der Waals surface area (Å²) in [6.45, 7) is 0. The number of pyridine rings is 1. The van der Waals surface area contributed by atoms with Crippen molar-refractivity contribution >= 4 is 29.3 Å². The number of aliphatic carboxylic acids is 1. The number of aromatic nitrogens is 3. The molecule has 5 nitrogen and oxygen atoms in total. The fourth-order valence-corrected chi connectivity index (χ4v) is 3.99. The average Bonchev–Trinajstić information content (AvgIpc) is 3.37. The van der Waals surface area contributed by atoms with Crippen molar-refractivity contribution in [3.63, 3.8) is 0 Å². The van der Waals surface area contributed by atoms with Crippen molar-refractivity contribution in [1.82, 2.24) is 14.5 Å². The Morgan fingerprint density at radius 3 is 2.62 bits per heavy atom. The number of imidazole rings is 1. The fraction of sp³-hybridized carbons (Fsp3) is 0.211. The normalized spacial score (nSPS) is 18.7. The Bertz CT molecular complexity index is 954. The van der Waals surface area contributed by atoms with E-state index < -0.39 is 5.97 Å². The van der Waals surface area contributed by atoms with E-state index in [0.717, 1.165) is 33.3 Å². The Balaban J connectivity index is 1.58. The molecule has 2 unspecified atom stereocenters. The van der Waals surface area contributed by atoms with Gasteiger partial charge in [0.25, 0.3) is 0 Å². The van der Waals surface area contributed by atoms with E-state index >= 15 is 0 Å². The van der Waals surface area contributed by atoms with E-state index in [-0.39, 0.29) is 11.8 Å². The van der Waals surface area contributed by atoms with E-state index in [0.29, 0.717) is 5.02 Å². The van der Waals surface area contributed by atoms with Crippen molar-refractivity contribution < 1.29 is 9.90 Å². The molecule has 0 bridgehead atoms. The van der Waals surface area contributed by atoms with Crippen LogP contribution in [0.3, 0.4) is 0 Å². The second kappa shape index (κ2) is 6.78. The fourth-order valence-electron chi connectivity index (χ4n) is 2.98. The molecule has 132 valence electrons. The van der Waals surface area contributed by atoms with Crippen LogP contribution in [-0.2, 0) is 11.8 Å². The molecule has 2 heterocycles. The van der Waals surface area contributed by atoms with Crippen LogP contribution in [-0.4, -0.2) is 25.6 Å². The highest BCUT2D eigenvalue weighted by Gasteiger charge is 2.44. The molecule has 7 heteroatoms. The number of carbonyl (C=O) groups is 1. The van der Waals surface area contributed by atoms with Crippen LogP contribution < -0.4 is 0 Å². The van der Waals surface area contributed by atoms with Gasteiger partial charge in [0.1, 0.15) is 15.7 Å². The molecule has 4 rings (SSSR count). The van der Waals surface area contributed by atoms with E-state index in [4.69, 9.17) is 16.7 Å². The Labute approximate surface area is 160 Å². The van der Waals surface area contributed by atoms with Gasteiger partial charge >= 0.3 is 5.97 Å². The Hall–Kier alpha value is -2.31. The monoisotopic (exact) mass is 385 g/mol. The number of benzene rings is 1. The smallest absolute Gasteiger partial charge is 0.307 e. The summed E-state index contributed by atoms with van der Waals surface area (Å²) < 4.78 is 1.96. The van der Waals surface area contributed by atoms with Gasteiger partial charge in [-0.3, -0.25) is 4.79 Å². The zero-order chi connectivity index (χ0) is 18.3. The number of hydrogen-bond acceptors (Lipinski definition) is 4. The molecule has 0 amide bonds. The maximum atomic E-state index is 11.0. The van der Waals surface area contributed by atoms with Crippen LogP contribution in [0.15, 0.2) is 59.0 Å². The highest BCUT2D eigenvalue weighted by molar-refractivity contribution is 7.99. The highest BCUT2D eigenvalue weighted by atomic mass is 35.5. The first-order valence-electron chi connectivity index (χ1n) is 8.17. The predicted octanol–water partition coefficient (Wildman–Crippen LogP) is 4.47. The molecule has 0 aliphatic heterocycles. The molecule has 3 aromatic rings. The topological polar surface area (TPSA) is 68.0 Å². The maximum absolute atomic E-state index is 11.0. The summed E-state index contributed by atoms with van der Waals surface area (Å²) in [6, 6.07) is 11.7. The van der Waals surface area contributed by atoms with Gasteiger partial charge in [0, 0.05) is 18.8 Å². The minimum Gasteiger partial charge on any atom is -0.481 e. The third-order valence-corrected chi connectivity index (χ3v) is 5.85. The van der Waals surface area contributed by atoms with Crippen molar-refractivity contribution in [3.8, 4) is 11.3 Å². The quantitative estimate of drug-likeness (QED) is 0.701. The van der Waals surface area contributed by atoms with E-state index in [1.165, 1.54) is 11.8 Å². The molecule has 1 saturated carbocycles. The zero-order valence-corrected chi connectivity index (χ0v) is 15.5. The summed E-state index contributed by atoms with van der Waals surface area (Å²) in [4.78, 5) is 19.9. The van der Waals surface area contributed by atoms with Crippen molar-refractivity contribution in [2.24, 2.45) is 13.0 Å². The van der Waals surface area contributed by atoms with E-state index in [1.54, 1.807) is 12.5 Å². The third kappa shape index (κ3) is 3.34. The lowest BCUT2D eigenvalue weighted by Gasteiger charge is -2.07. The van der Waals surface area contributed by atoms with Crippen LogP contribution in [0, 0.1) is 5.92 Å². The van der Waals surface area contributed by atoms with Crippen molar-refractivity contribution in [1.29, 1.82) is 0 Å². The summed E-state index contributed by atoms with van der Waals surface area (Å²) in [5, 5.41) is 11.5. The molecule has 1 fully saturated rings. The summed E-state index contributed by atoms with van der Waals surface area (Å²) in [6.07, 6.45) is 4.13. The van der Waals surface area contributed by atoms with Crippen LogP contribution in [0.2, 0.25) is 5.02 Å². The van der Waals surface area contributed by atoms with Gasteiger partial charge in [-0.1, -0.05) is 35.9 Å². The second-order valence-corrected chi connectivity index (χ2v) is 7.78. The lowest BCUT2D eigenvalue weighted by molar-refractivity contribution is -0.138. The van der Waals surface area contributed by atoms with Gasteiger partial charge < -0.3 is 9.67 Å².